The summed E-state index contributed by atoms with van der Waals surface area (Å²) >= 11 is 6.52. The van der Waals surface area contributed by atoms with Gasteiger partial charge in [-0.3, -0.25) is 14.7 Å². The van der Waals surface area contributed by atoms with Gasteiger partial charge in [0.2, 0.25) is 0 Å². The molecule has 0 aliphatic carbocycles. The van der Waals surface area contributed by atoms with Crippen LogP contribution in [0.2, 0.25) is 5.02 Å². The molecule has 7 rings (SSSR count). The Balaban J connectivity index is 0.000000180. The number of hydrogen-bond acceptors (Lipinski definition) is 7. The summed E-state index contributed by atoms with van der Waals surface area (Å²) in [6, 6.07) is 20.0. The summed E-state index contributed by atoms with van der Waals surface area (Å²) in [6.07, 6.45) is 7.33. The van der Waals surface area contributed by atoms with Crippen molar-refractivity contribution < 1.29 is 8.78 Å². The van der Waals surface area contributed by atoms with Crippen LogP contribution in [-0.2, 0) is 19.6 Å². The Hall–Kier alpha value is -2.47. The summed E-state index contributed by atoms with van der Waals surface area (Å²) in [7, 11) is 8.68. The van der Waals surface area contributed by atoms with Gasteiger partial charge in [-0.05, 0) is 164 Å². The molecule has 0 unspecified atom stereocenters. The Labute approximate surface area is 387 Å². The largest absolute Gasteiger partial charge is 0.310 e. The normalized spacial score (nSPS) is 19.8. The lowest BCUT2D eigenvalue weighted by molar-refractivity contribution is 0.0618. The fourth-order valence-corrected chi connectivity index (χ4v) is 9.61. The van der Waals surface area contributed by atoms with Crippen LogP contribution in [0.1, 0.15) is 131 Å². The summed E-state index contributed by atoms with van der Waals surface area (Å²) in [4.78, 5) is 14.7. The van der Waals surface area contributed by atoms with Gasteiger partial charge in [0.1, 0.15) is 11.6 Å². The zero-order valence-corrected chi connectivity index (χ0v) is 41.7. The van der Waals surface area contributed by atoms with Crippen LogP contribution >= 0.6 is 11.6 Å². The summed E-state index contributed by atoms with van der Waals surface area (Å²) < 4.78 is 28.1. The highest BCUT2D eigenvalue weighted by Gasteiger charge is 2.27. The number of nitrogens with one attached hydrogen (secondary N) is 1. The van der Waals surface area contributed by atoms with Crippen molar-refractivity contribution in [1.82, 2.24) is 34.7 Å². The molecule has 1 N–H and O–H groups in total. The van der Waals surface area contributed by atoms with Gasteiger partial charge < -0.3 is 20.0 Å². The smallest absolute Gasteiger partial charge is 0.127 e. The molecule has 4 saturated heterocycles. The Morgan fingerprint density at radius 2 is 1.02 bits per heavy atom. The van der Waals surface area contributed by atoms with Gasteiger partial charge in [-0.2, -0.15) is 0 Å². The van der Waals surface area contributed by atoms with Gasteiger partial charge in [0.15, 0.2) is 0 Å². The molecule has 4 aliphatic rings. The molecule has 352 valence electrons. The highest BCUT2D eigenvalue weighted by Crippen LogP contribution is 2.26. The van der Waals surface area contributed by atoms with Crippen molar-refractivity contribution in [1.29, 1.82) is 0 Å². The van der Waals surface area contributed by atoms with E-state index in [1.807, 2.05) is 18.2 Å². The fourth-order valence-electron chi connectivity index (χ4n) is 9.36. The number of halogens is 3. The monoisotopic (exact) mass is 892 g/mol. The van der Waals surface area contributed by atoms with Gasteiger partial charge in [-0.25, -0.2) is 8.78 Å². The van der Waals surface area contributed by atoms with Crippen molar-refractivity contribution in [2.75, 3.05) is 93.6 Å². The second kappa shape index (κ2) is 25.4. The quantitative estimate of drug-likeness (QED) is 0.194. The number of hydrogen-bond donors (Lipinski definition) is 1. The van der Waals surface area contributed by atoms with Crippen molar-refractivity contribution in [2.45, 2.75) is 136 Å². The maximum Gasteiger partial charge on any atom is 0.127 e. The minimum absolute atomic E-state index is 0.0501. The van der Waals surface area contributed by atoms with Gasteiger partial charge in [-0.15, -0.1) is 0 Å². The first-order valence-corrected chi connectivity index (χ1v) is 24.7. The predicted molar refractivity (Wildman–Crippen MR) is 263 cm³/mol. The van der Waals surface area contributed by atoms with Crippen LogP contribution in [0, 0.1) is 11.6 Å². The highest BCUT2D eigenvalue weighted by molar-refractivity contribution is 6.31. The van der Waals surface area contributed by atoms with E-state index in [1.54, 1.807) is 12.1 Å². The molecule has 0 amide bonds. The minimum Gasteiger partial charge on any atom is -0.310 e. The number of piperidine rings is 3. The molecule has 0 atom stereocenters. The number of piperazine rings is 1. The SMILES string of the molecule is CC(C)c1ccc(CN2CCC(N(C)C)CC2)c(F)c1.CC(C)c1ccc(CN2CCN(C3CCN(C)CC3)CC2)c(Cl)c1.CC(C)c1ccc(CNC2CCN(C)CC2)c(F)c1. The molecule has 4 fully saturated rings. The zero-order chi connectivity index (χ0) is 45.6. The van der Waals surface area contributed by atoms with E-state index >= 15 is 0 Å². The average Bonchev–Trinajstić information content (AvgIpc) is 3.26. The predicted octanol–water partition coefficient (Wildman–Crippen LogP) is 10.3. The number of likely N-dealkylation sites (tertiary alicyclic amines) is 3. The van der Waals surface area contributed by atoms with E-state index in [1.165, 1.54) is 63.0 Å². The van der Waals surface area contributed by atoms with Gasteiger partial charge in [-0.1, -0.05) is 89.5 Å². The first-order valence-electron chi connectivity index (χ1n) is 24.4. The van der Waals surface area contributed by atoms with Crippen LogP contribution in [0.5, 0.6) is 0 Å². The molecule has 3 aromatic rings. The fraction of sp³-hybridized carbons (Fsp3) is 0.660. The molecule has 3 aromatic carbocycles. The molecule has 7 nitrogen and oxygen atoms in total. The number of benzene rings is 3. The molecule has 0 radical (unpaired) electrons. The second-order valence-corrected chi connectivity index (χ2v) is 20.7. The Morgan fingerprint density at radius 3 is 1.49 bits per heavy atom. The van der Waals surface area contributed by atoms with Crippen LogP contribution in [0.15, 0.2) is 54.6 Å². The van der Waals surface area contributed by atoms with Crippen molar-refractivity contribution >= 4 is 11.6 Å². The van der Waals surface area contributed by atoms with Gasteiger partial charge >= 0.3 is 0 Å². The third-order valence-electron chi connectivity index (χ3n) is 14.2. The maximum absolute atomic E-state index is 14.1. The van der Waals surface area contributed by atoms with Gasteiger partial charge in [0.25, 0.3) is 0 Å². The Morgan fingerprint density at radius 1 is 0.571 bits per heavy atom. The number of rotatable bonds is 12. The molecule has 0 saturated carbocycles. The van der Waals surface area contributed by atoms with Crippen LogP contribution < -0.4 is 5.32 Å². The minimum atomic E-state index is -0.0772. The third-order valence-corrected chi connectivity index (χ3v) is 14.6. The first kappa shape index (κ1) is 51.5. The summed E-state index contributed by atoms with van der Waals surface area (Å²) in [6.45, 7) is 26.8. The second-order valence-electron chi connectivity index (χ2n) is 20.3. The first-order chi connectivity index (χ1) is 30.1. The van der Waals surface area contributed by atoms with E-state index in [-0.39, 0.29) is 11.6 Å². The molecule has 0 bridgehead atoms. The van der Waals surface area contributed by atoms with Gasteiger partial charge in [0, 0.05) is 80.1 Å². The van der Waals surface area contributed by atoms with Crippen LogP contribution in [0.25, 0.3) is 0 Å². The zero-order valence-electron chi connectivity index (χ0n) is 40.9. The van der Waals surface area contributed by atoms with E-state index in [4.69, 9.17) is 11.6 Å². The molecule has 63 heavy (non-hydrogen) atoms. The highest BCUT2D eigenvalue weighted by atomic mass is 35.5. The maximum atomic E-state index is 14.1. The lowest BCUT2D eigenvalue weighted by atomic mass is 10.00. The van der Waals surface area contributed by atoms with Gasteiger partial charge in [0.05, 0.1) is 0 Å². The van der Waals surface area contributed by atoms with E-state index in [0.717, 1.165) is 98.5 Å². The van der Waals surface area contributed by atoms with Crippen molar-refractivity contribution in [3.63, 3.8) is 0 Å². The van der Waals surface area contributed by atoms with Crippen molar-refractivity contribution in [3.05, 3.63) is 105 Å². The van der Waals surface area contributed by atoms with E-state index in [2.05, 4.69) is 129 Å². The molecular formula is C53H84ClF2N7. The lowest BCUT2D eigenvalue weighted by Gasteiger charge is -2.42. The van der Waals surface area contributed by atoms with Crippen molar-refractivity contribution in [2.24, 2.45) is 0 Å². The molecule has 10 heteroatoms. The lowest BCUT2D eigenvalue weighted by Crippen LogP contribution is -2.52. The standard InChI is InChI=1S/C20H32ClN3.C17H27FN2.C16H25FN2/c1-16(2)17-4-5-18(20(21)14-17)15-23-10-12-24(13-11-23)19-6-8-22(3)9-7-19;1-13(2)14-5-6-15(17(18)11-14)12-20-9-7-16(8-10-20)19(3)4;1-12(2)13-4-5-14(16(17)10-13)11-18-15-6-8-19(3)9-7-15/h4-5,14,16,19H,6-13,15H2,1-3H3;5-6,11,13,16H,7-10,12H2,1-4H3;4-5,10,12,15,18H,6-9,11H2,1-3H3. The van der Waals surface area contributed by atoms with Crippen LogP contribution in [-0.4, -0.2) is 141 Å². The van der Waals surface area contributed by atoms with E-state index < -0.39 is 0 Å². The van der Waals surface area contributed by atoms with Crippen LogP contribution in [0.3, 0.4) is 0 Å². The average molecular weight is 893 g/mol. The molecule has 4 aliphatic heterocycles. The van der Waals surface area contributed by atoms with Crippen LogP contribution in [0.4, 0.5) is 8.78 Å². The molecule has 0 spiro atoms. The van der Waals surface area contributed by atoms with E-state index in [9.17, 15) is 8.78 Å². The summed E-state index contributed by atoms with van der Waals surface area (Å²) in [5, 5.41) is 4.41. The topological polar surface area (TPSA) is 31.5 Å². The Kier molecular flexibility index (Phi) is 20.8. The molecule has 4 heterocycles. The third kappa shape index (κ3) is 16.4. The molecule has 0 aromatic heterocycles. The Bertz CT molecular complexity index is 1790. The van der Waals surface area contributed by atoms with E-state index in [0.29, 0.717) is 36.4 Å². The number of nitrogens with zero attached hydrogens (tertiary/aromatic N) is 6. The molecular weight excluding hydrogens is 808 g/mol. The summed E-state index contributed by atoms with van der Waals surface area (Å²) in [5.41, 5.74) is 6.36. The summed E-state index contributed by atoms with van der Waals surface area (Å²) in [5.74, 6) is 1.17. The van der Waals surface area contributed by atoms with Crippen molar-refractivity contribution in [3.8, 4) is 0 Å².